The van der Waals surface area contributed by atoms with Gasteiger partial charge in [-0.15, -0.1) is 0 Å². The number of amides is 1. The SMILES string of the molecule is COC(=O)CC(=O)C1CCCN1C(=O)O. The second kappa shape index (κ2) is 4.77. The third kappa shape index (κ3) is 2.68. The Hall–Kier alpha value is -1.59. The molecular formula is C9H13NO5. The Morgan fingerprint density at radius 1 is 1.47 bits per heavy atom. The quantitative estimate of drug-likeness (QED) is 0.539. The summed E-state index contributed by atoms with van der Waals surface area (Å²) in [6.45, 7) is 0.354. The molecule has 0 aromatic heterocycles. The standard InChI is InChI=1S/C9H13NO5/c1-15-8(12)5-7(11)6-3-2-4-10(6)9(13)14/h6H,2-5H2,1H3,(H,13,14). The van der Waals surface area contributed by atoms with Gasteiger partial charge in [0.15, 0.2) is 5.78 Å². The van der Waals surface area contributed by atoms with E-state index in [-0.39, 0.29) is 12.2 Å². The number of carbonyl (C=O) groups excluding carboxylic acids is 2. The van der Waals surface area contributed by atoms with Crippen molar-refractivity contribution >= 4 is 17.8 Å². The maximum Gasteiger partial charge on any atom is 0.407 e. The lowest BCUT2D eigenvalue weighted by atomic mass is 10.1. The van der Waals surface area contributed by atoms with Crippen LogP contribution in [0.15, 0.2) is 0 Å². The molecule has 1 fully saturated rings. The van der Waals surface area contributed by atoms with E-state index in [0.717, 1.165) is 4.90 Å². The van der Waals surface area contributed by atoms with Crippen LogP contribution in [0.1, 0.15) is 19.3 Å². The first kappa shape index (κ1) is 11.5. The van der Waals surface area contributed by atoms with E-state index in [1.54, 1.807) is 0 Å². The second-order valence-corrected chi connectivity index (χ2v) is 3.35. The number of ketones is 1. The maximum absolute atomic E-state index is 11.5. The van der Waals surface area contributed by atoms with Crippen LogP contribution in [0.4, 0.5) is 4.79 Å². The number of nitrogens with zero attached hydrogens (tertiary/aromatic N) is 1. The third-order valence-electron chi connectivity index (χ3n) is 2.42. The van der Waals surface area contributed by atoms with Gasteiger partial charge >= 0.3 is 12.1 Å². The molecule has 0 bridgehead atoms. The van der Waals surface area contributed by atoms with E-state index in [4.69, 9.17) is 5.11 Å². The van der Waals surface area contributed by atoms with Gasteiger partial charge in [-0.3, -0.25) is 14.5 Å². The molecule has 15 heavy (non-hydrogen) atoms. The number of hydrogen-bond donors (Lipinski definition) is 1. The van der Waals surface area contributed by atoms with Gasteiger partial charge in [0.05, 0.1) is 13.2 Å². The Kier molecular flexibility index (Phi) is 3.65. The van der Waals surface area contributed by atoms with E-state index in [9.17, 15) is 14.4 Å². The van der Waals surface area contributed by atoms with Gasteiger partial charge in [0.1, 0.15) is 6.42 Å². The molecule has 1 amide bonds. The summed E-state index contributed by atoms with van der Waals surface area (Å²) in [6, 6.07) is -0.679. The molecule has 1 aliphatic rings. The number of carbonyl (C=O) groups is 3. The molecule has 1 unspecified atom stereocenters. The molecule has 6 heteroatoms. The first-order valence-electron chi connectivity index (χ1n) is 4.65. The molecule has 1 atom stereocenters. The lowest BCUT2D eigenvalue weighted by Gasteiger charge is -2.19. The highest BCUT2D eigenvalue weighted by Gasteiger charge is 2.34. The normalized spacial score (nSPS) is 20.1. The second-order valence-electron chi connectivity index (χ2n) is 3.35. The van der Waals surface area contributed by atoms with Crippen LogP contribution in [0.5, 0.6) is 0 Å². The predicted octanol–water partition coefficient (Wildman–Crippen LogP) is 0.261. The zero-order valence-electron chi connectivity index (χ0n) is 8.43. The average molecular weight is 215 g/mol. The Bertz CT molecular complexity index is 288. The number of methoxy groups -OCH3 is 1. The molecule has 0 spiro atoms. The Morgan fingerprint density at radius 3 is 2.67 bits per heavy atom. The predicted molar refractivity (Wildman–Crippen MR) is 49.4 cm³/mol. The van der Waals surface area contributed by atoms with E-state index < -0.39 is 18.1 Å². The largest absolute Gasteiger partial charge is 0.469 e. The topological polar surface area (TPSA) is 83.9 Å². The van der Waals surface area contributed by atoms with Crippen molar-refractivity contribution in [1.82, 2.24) is 4.90 Å². The first-order chi connectivity index (χ1) is 7.06. The van der Waals surface area contributed by atoms with Crippen molar-refractivity contribution in [3.05, 3.63) is 0 Å². The van der Waals surface area contributed by atoms with Crippen molar-refractivity contribution in [2.75, 3.05) is 13.7 Å². The fraction of sp³-hybridized carbons (Fsp3) is 0.667. The molecular weight excluding hydrogens is 202 g/mol. The van der Waals surface area contributed by atoms with Crippen LogP contribution >= 0.6 is 0 Å². The van der Waals surface area contributed by atoms with Crippen LogP contribution in [0.25, 0.3) is 0 Å². The van der Waals surface area contributed by atoms with Crippen molar-refractivity contribution in [2.45, 2.75) is 25.3 Å². The van der Waals surface area contributed by atoms with Gasteiger partial charge in [-0.2, -0.15) is 0 Å². The molecule has 0 aromatic carbocycles. The summed E-state index contributed by atoms with van der Waals surface area (Å²) in [5.74, 6) is -1.01. The minimum absolute atomic E-state index is 0.354. The monoisotopic (exact) mass is 215 g/mol. The lowest BCUT2D eigenvalue weighted by molar-refractivity contribution is -0.144. The van der Waals surface area contributed by atoms with E-state index in [1.807, 2.05) is 0 Å². The van der Waals surface area contributed by atoms with Gasteiger partial charge in [0.25, 0.3) is 0 Å². The number of Topliss-reactive ketones (excluding diaryl/α,β-unsaturated/α-hetero) is 1. The van der Waals surface area contributed by atoms with E-state index in [2.05, 4.69) is 4.74 Å². The van der Waals surface area contributed by atoms with Crippen LogP contribution in [-0.2, 0) is 14.3 Å². The van der Waals surface area contributed by atoms with Crippen LogP contribution in [0.3, 0.4) is 0 Å². The number of esters is 1. The molecule has 0 aromatic rings. The van der Waals surface area contributed by atoms with Gasteiger partial charge in [0.2, 0.25) is 0 Å². The molecule has 1 aliphatic heterocycles. The summed E-state index contributed by atoms with van der Waals surface area (Å²) in [4.78, 5) is 34.2. The third-order valence-corrected chi connectivity index (χ3v) is 2.42. The fourth-order valence-electron chi connectivity index (χ4n) is 1.66. The summed E-state index contributed by atoms with van der Waals surface area (Å²) in [5.41, 5.74) is 0. The van der Waals surface area contributed by atoms with Gasteiger partial charge in [-0.05, 0) is 12.8 Å². The van der Waals surface area contributed by atoms with Crippen LogP contribution in [0.2, 0.25) is 0 Å². The molecule has 1 heterocycles. The van der Waals surface area contributed by atoms with Crippen molar-refractivity contribution in [3.63, 3.8) is 0 Å². The minimum atomic E-state index is -1.12. The smallest absolute Gasteiger partial charge is 0.407 e. The lowest BCUT2D eigenvalue weighted by Crippen LogP contribution is -2.40. The van der Waals surface area contributed by atoms with Gasteiger partial charge in [-0.1, -0.05) is 0 Å². The fourth-order valence-corrected chi connectivity index (χ4v) is 1.66. The molecule has 1 N–H and O–H groups in total. The Morgan fingerprint density at radius 2 is 2.13 bits per heavy atom. The molecule has 0 radical (unpaired) electrons. The number of ether oxygens (including phenoxy) is 1. The highest BCUT2D eigenvalue weighted by molar-refractivity contribution is 5.99. The molecule has 0 aliphatic carbocycles. The Balaban J connectivity index is 2.58. The summed E-state index contributed by atoms with van der Waals surface area (Å²) in [5, 5.41) is 8.78. The van der Waals surface area contributed by atoms with Crippen LogP contribution in [-0.4, -0.2) is 47.5 Å². The zero-order chi connectivity index (χ0) is 11.4. The van der Waals surface area contributed by atoms with E-state index in [1.165, 1.54) is 7.11 Å². The molecule has 84 valence electrons. The molecule has 6 nitrogen and oxygen atoms in total. The van der Waals surface area contributed by atoms with Crippen molar-refractivity contribution in [3.8, 4) is 0 Å². The van der Waals surface area contributed by atoms with Crippen molar-refractivity contribution in [1.29, 1.82) is 0 Å². The van der Waals surface area contributed by atoms with Crippen LogP contribution < -0.4 is 0 Å². The number of carboxylic acid groups (broad SMARTS) is 1. The number of hydrogen-bond acceptors (Lipinski definition) is 4. The summed E-state index contributed by atoms with van der Waals surface area (Å²) >= 11 is 0. The summed E-state index contributed by atoms with van der Waals surface area (Å²) in [6.07, 6.45) is -0.326. The van der Waals surface area contributed by atoms with Crippen molar-refractivity contribution < 1.29 is 24.2 Å². The van der Waals surface area contributed by atoms with Gasteiger partial charge < -0.3 is 9.84 Å². The van der Waals surface area contributed by atoms with E-state index in [0.29, 0.717) is 19.4 Å². The molecule has 1 saturated heterocycles. The zero-order valence-corrected chi connectivity index (χ0v) is 8.43. The Labute approximate surface area is 86.8 Å². The van der Waals surface area contributed by atoms with Crippen molar-refractivity contribution in [2.24, 2.45) is 0 Å². The molecule has 0 saturated carbocycles. The number of rotatable bonds is 3. The summed E-state index contributed by atoms with van der Waals surface area (Å²) in [7, 11) is 1.19. The first-order valence-corrected chi connectivity index (χ1v) is 4.65. The van der Waals surface area contributed by atoms with Crippen LogP contribution in [0, 0.1) is 0 Å². The minimum Gasteiger partial charge on any atom is -0.469 e. The number of likely N-dealkylation sites (tertiary alicyclic amines) is 1. The van der Waals surface area contributed by atoms with Gasteiger partial charge in [-0.25, -0.2) is 4.79 Å². The highest BCUT2D eigenvalue weighted by Crippen LogP contribution is 2.19. The van der Waals surface area contributed by atoms with Gasteiger partial charge in [0, 0.05) is 6.54 Å². The van der Waals surface area contributed by atoms with E-state index >= 15 is 0 Å². The summed E-state index contributed by atoms with van der Waals surface area (Å²) < 4.78 is 4.35. The average Bonchev–Trinajstić information content (AvgIpc) is 2.65. The molecule has 1 rings (SSSR count). The maximum atomic E-state index is 11.5. The highest BCUT2D eigenvalue weighted by atomic mass is 16.5.